The molecule has 7 heteroatoms. The lowest BCUT2D eigenvalue weighted by Gasteiger charge is -1.98. The van der Waals surface area contributed by atoms with Gasteiger partial charge in [0.05, 0.1) is 21.6 Å². The Balaban J connectivity index is 1.61. The molecule has 0 saturated carbocycles. The summed E-state index contributed by atoms with van der Waals surface area (Å²) in [6.07, 6.45) is 1.72. The second-order valence-electron chi connectivity index (χ2n) is 5.59. The van der Waals surface area contributed by atoms with Gasteiger partial charge in [-0.15, -0.1) is 11.3 Å². The second-order valence-corrected chi connectivity index (χ2v) is 7.62. The fraction of sp³-hybridized carbons (Fsp3) is 0.111. The minimum absolute atomic E-state index is 0.187. The highest BCUT2D eigenvalue weighted by Gasteiger charge is 2.18. The molecule has 4 aromatic rings. The highest BCUT2D eigenvalue weighted by molar-refractivity contribution is 7.22. The maximum atomic E-state index is 12.6. The van der Waals surface area contributed by atoms with Gasteiger partial charge >= 0.3 is 0 Å². The summed E-state index contributed by atoms with van der Waals surface area (Å²) in [4.78, 5) is 26.4. The molecule has 0 saturated heterocycles. The van der Waals surface area contributed by atoms with Crippen LogP contribution >= 0.6 is 22.7 Å². The Hall–Kier alpha value is -2.64. The van der Waals surface area contributed by atoms with Crippen LogP contribution in [0.2, 0.25) is 0 Å². The molecule has 0 aliphatic rings. The van der Waals surface area contributed by atoms with Gasteiger partial charge in [-0.1, -0.05) is 23.5 Å². The molecule has 1 aromatic carbocycles. The van der Waals surface area contributed by atoms with E-state index in [0.717, 1.165) is 20.9 Å². The Labute approximate surface area is 152 Å². The monoisotopic (exact) mass is 366 g/mol. The van der Waals surface area contributed by atoms with Crippen molar-refractivity contribution in [2.45, 2.75) is 13.8 Å². The van der Waals surface area contributed by atoms with Crippen LogP contribution in [0.15, 0.2) is 42.6 Å². The molecular formula is C18H14N4OS2. The van der Waals surface area contributed by atoms with Crippen LogP contribution in [0.1, 0.15) is 20.9 Å². The number of amides is 1. The zero-order valence-corrected chi connectivity index (χ0v) is 15.2. The quantitative estimate of drug-likeness (QED) is 0.571. The van der Waals surface area contributed by atoms with Crippen LogP contribution in [0.5, 0.6) is 0 Å². The van der Waals surface area contributed by atoms with Crippen molar-refractivity contribution in [1.29, 1.82) is 0 Å². The fourth-order valence-corrected chi connectivity index (χ4v) is 4.34. The van der Waals surface area contributed by atoms with Crippen molar-refractivity contribution in [2.24, 2.45) is 0 Å². The van der Waals surface area contributed by atoms with Gasteiger partial charge in [0.25, 0.3) is 5.91 Å². The number of carbonyl (C=O) groups is 1. The molecular weight excluding hydrogens is 352 g/mol. The van der Waals surface area contributed by atoms with E-state index in [1.807, 2.05) is 44.2 Å². The highest BCUT2D eigenvalue weighted by atomic mass is 32.1. The third kappa shape index (κ3) is 3.16. The lowest BCUT2D eigenvalue weighted by molar-refractivity contribution is 0.103. The zero-order chi connectivity index (χ0) is 17.4. The average molecular weight is 366 g/mol. The Kier molecular flexibility index (Phi) is 4.03. The summed E-state index contributed by atoms with van der Waals surface area (Å²) < 4.78 is 1.06. The predicted molar refractivity (Wildman–Crippen MR) is 102 cm³/mol. The van der Waals surface area contributed by atoms with Crippen LogP contribution in [-0.2, 0) is 0 Å². The minimum atomic E-state index is -0.187. The lowest BCUT2D eigenvalue weighted by atomic mass is 10.2. The van der Waals surface area contributed by atoms with Crippen LogP contribution in [0.25, 0.3) is 20.9 Å². The number of thiazole rings is 2. The van der Waals surface area contributed by atoms with Crippen molar-refractivity contribution in [3.8, 4) is 10.7 Å². The van der Waals surface area contributed by atoms with Crippen LogP contribution < -0.4 is 5.32 Å². The summed E-state index contributed by atoms with van der Waals surface area (Å²) in [7, 11) is 0. The van der Waals surface area contributed by atoms with Crippen molar-refractivity contribution >= 4 is 43.9 Å². The first-order valence-electron chi connectivity index (χ1n) is 7.67. The summed E-state index contributed by atoms with van der Waals surface area (Å²) in [5, 5.41) is 4.23. The molecule has 0 unspecified atom stereocenters. The number of aromatic nitrogens is 3. The van der Waals surface area contributed by atoms with Crippen LogP contribution in [0, 0.1) is 13.8 Å². The molecule has 0 bridgehead atoms. The summed E-state index contributed by atoms with van der Waals surface area (Å²) in [6, 6.07) is 11.7. The van der Waals surface area contributed by atoms with E-state index < -0.39 is 0 Å². The van der Waals surface area contributed by atoms with Crippen molar-refractivity contribution in [3.63, 3.8) is 0 Å². The number of carbonyl (C=O) groups excluding carboxylic acids is 1. The van der Waals surface area contributed by atoms with E-state index in [0.29, 0.717) is 15.7 Å². The number of pyridine rings is 1. The van der Waals surface area contributed by atoms with Crippen molar-refractivity contribution in [1.82, 2.24) is 15.0 Å². The van der Waals surface area contributed by atoms with Gasteiger partial charge in [-0.3, -0.25) is 15.1 Å². The number of anilines is 1. The number of nitrogens with zero attached hydrogens (tertiary/aromatic N) is 3. The van der Waals surface area contributed by atoms with E-state index in [4.69, 9.17) is 0 Å². The number of fused-ring (bicyclic) bond motifs is 1. The van der Waals surface area contributed by atoms with E-state index in [1.165, 1.54) is 28.2 Å². The third-order valence-electron chi connectivity index (χ3n) is 3.65. The number of aryl methyl sites for hydroxylation is 2. The molecule has 25 heavy (non-hydrogen) atoms. The van der Waals surface area contributed by atoms with Gasteiger partial charge in [0, 0.05) is 6.20 Å². The summed E-state index contributed by atoms with van der Waals surface area (Å²) >= 11 is 2.81. The number of hydrogen-bond acceptors (Lipinski definition) is 6. The van der Waals surface area contributed by atoms with Gasteiger partial charge in [-0.05, 0) is 43.7 Å². The van der Waals surface area contributed by atoms with Crippen LogP contribution in [0.3, 0.4) is 0 Å². The van der Waals surface area contributed by atoms with Crippen molar-refractivity contribution in [2.75, 3.05) is 5.32 Å². The fourth-order valence-electron chi connectivity index (χ4n) is 2.45. The minimum Gasteiger partial charge on any atom is -0.297 e. The van der Waals surface area contributed by atoms with E-state index in [9.17, 15) is 4.79 Å². The summed E-state index contributed by atoms with van der Waals surface area (Å²) in [5.41, 5.74) is 3.53. The van der Waals surface area contributed by atoms with Crippen LogP contribution in [0.4, 0.5) is 5.13 Å². The Morgan fingerprint density at radius 1 is 1.08 bits per heavy atom. The molecule has 1 N–H and O–H groups in total. The number of benzene rings is 1. The number of nitrogens with one attached hydrogen (secondary N) is 1. The highest BCUT2D eigenvalue weighted by Crippen LogP contribution is 2.30. The van der Waals surface area contributed by atoms with Gasteiger partial charge in [0.2, 0.25) is 0 Å². The van der Waals surface area contributed by atoms with Gasteiger partial charge in [0.1, 0.15) is 9.88 Å². The third-order valence-corrected chi connectivity index (χ3v) is 5.76. The van der Waals surface area contributed by atoms with Crippen LogP contribution in [-0.4, -0.2) is 20.9 Å². The molecule has 0 radical (unpaired) electrons. The Bertz CT molecular complexity index is 1070. The smallest absolute Gasteiger partial charge is 0.269 e. The van der Waals surface area contributed by atoms with Gasteiger partial charge < -0.3 is 0 Å². The van der Waals surface area contributed by atoms with Crippen molar-refractivity contribution in [3.05, 3.63) is 58.7 Å². The Morgan fingerprint density at radius 2 is 1.96 bits per heavy atom. The molecule has 0 aliphatic heterocycles. The summed E-state index contributed by atoms with van der Waals surface area (Å²) in [6.45, 7) is 3.87. The first-order chi connectivity index (χ1) is 12.1. The molecule has 4 rings (SSSR count). The maximum Gasteiger partial charge on any atom is 0.269 e. The first-order valence-corrected chi connectivity index (χ1v) is 9.31. The number of rotatable bonds is 3. The molecule has 0 atom stereocenters. The molecule has 1 amide bonds. The SMILES string of the molecule is Cc1ccc2nc(NC(=O)c3sc(-c4ccccn4)nc3C)sc2c1. The first kappa shape index (κ1) is 15.9. The topological polar surface area (TPSA) is 67.8 Å². The van der Waals surface area contributed by atoms with E-state index in [-0.39, 0.29) is 5.91 Å². The molecule has 0 spiro atoms. The Morgan fingerprint density at radius 3 is 2.76 bits per heavy atom. The van der Waals surface area contributed by atoms with Crippen molar-refractivity contribution < 1.29 is 4.79 Å². The molecule has 3 aromatic heterocycles. The second kappa shape index (κ2) is 6.34. The normalized spacial score (nSPS) is 11.0. The average Bonchev–Trinajstić information content (AvgIpc) is 3.18. The zero-order valence-electron chi connectivity index (χ0n) is 13.6. The molecule has 0 fully saturated rings. The van der Waals surface area contributed by atoms with E-state index in [1.54, 1.807) is 6.20 Å². The summed E-state index contributed by atoms with van der Waals surface area (Å²) in [5.74, 6) is -0.187. The largest absolute Gasteiger partial charge is 0.297 e. The van der Waals surface area contributed by atoms with Gasteiger partial charge in [0.15, 0.2) is 5.13 Å². The molecule has 124 valence electrons. The molecule has 0 aliphatic carbocycles. The predicted octanol–water partition coefficient (Wildman–Crippen LogP) is 4.68. The van der Waals surface area contributed by atoms with E-state index in [2.05, 4.69) is 26.3 Å². The lowest BCUT2D eigenvalue weighted by Crippen LogP contribution is -2.11. The molecule has 5 nitrogen and oxygen atoms in total. The van der Waals surface area contributed by atoms with Gasteiger partial charge in [-0.25, -0.2) is 9.97 Å². The number of hydrogen-bond donors (Lipinski definition) is 1. The van der Waals surface area contributed by atoms with E-state index >= 15 is 0 Å². The molecule has 3 heterocycles. The maximum absolute atomic E-state index is 12.6. The standard InChI is InChI=1S/C18H14N4OS2/c1-10-6-7-12-14(9-10)24-18(21-12)22-16(23)15-11(2)20-17(25-15)13-5-3-4-8-19-13/h3-9H,1-2H3,(H,21,22,23). The van der Waals surface area contributed by atoms with Gasteiger partial charge in [-0.2, -0.15) is 0 Å².